The van der Waals surface area contributed by atoms with Gasteiger partial charge in [-0.2, -0.15) is 0 Å². The normalized spacial score (nSPS) is 12.5. The summed E-state index contributed by atoms with van der Waals surface area (Å²) in [5.74, 6) is 0.505. The van der Waals surface area contributed by atoms with Gasteiger partial charge in [0.25, 0.3) is 0 Å². The van der Waals surface area contributed by atoms with Crippen LogP contribution in [-0.2, 0) is 29.3 Å². The van der Waals surface area contributed by atoms with Gasteiger partial charge in [0, 0.05) is 45.2 Å². The molecule has 14 heteroatoms. The summed E-state index contributed by atoms with van der Waals surface area (Å²) < 4.78 is 42.4. The fraction of sp³-hybridized carbons (Fsp3) is 0.720. The Labute approximate surface area is 265 Å². The Morgan fingerprint density at radius 1 is 0.949 bits per heavy atom. The van der Waals surface area contributed by atoms with E-state index in [0.717, 1.165) is 56.1 Å². The van der Waals surface area contributed by atoms with Gasteiger partial charge in [-0.25, -0.2) is 16.8 Å². The number of amides is 1. The zero-order valence-electron chi connectivity index (χ0n) is 25.7. The van der Waals surface area contributed by atoms with Gasteiger partial charge >= 0.3 is 29.6 Å². The molecule has 1 fully saturated rings. The molecule has 1 aliphatic heterocycles. The van der Waals surface area contributed by atoms with Gasteiger partial charge in [-0.15, -0.1) is 0 Å². The molecule has 0 spiro atoms. The molecule has 0 aromatic rings. The van der Waals surface area contributed by atoms with Crippen molar-refractivity contribution >= 4 is 40.3 Å². The summed E-state index contributed by atoms with van der Waals surface area (Å²) in [4.78, 5) is 21.5. The SMILES string of the molecule is C=CS(=O)(=O)C=C.CCCC(N)=O.CCCC=O.CCCCN.CCCCN1CCS(=O)(=O)CC1.N.[B].[CH3-].[Na+]. The van der Waals surface area contributed by atoms with Gasteiger partial charge in [-0.05, 0) is 38.8 Å². The largest absolute Gasteiger partial charge is 1.00 e. The average Bonchev–Trinajstić information content (AvgIpc) is 2.81. The molecule has 0 aromatic heterocycles. The van der Waals surface area contributed by atoms with Gasteiger partial charge in [0.1, 0.15) is 6.29 Å². The topological polar surface area (TPSA) is 193 Å². The van der Waals surface area contributed by atoms with Crippen LogP contribution in [0.25, 0.3) is 0 Å². The summed E-state index contributed by atoms with van der Waals surface area (Å²) in [6, 6.07) is 0. The molecule has 0 saturated carbocycles. The molecule has 229 valence electrons. The molecule has 1 heterocycles. The number of primary amides is 1. The van der Waals surface area contributed by atoms with Crippen LogP contribution >= 0.6 is 0 Å². The third-order valence-corrected chi connectivity index (χ3v) is 6.73. The van der Waals surface area contributed by atoms with Crippen molar-refractivity contribution in [1.82, 2.24) is 11.1 Å². The van der Waals surface area contributed by atoms with Crippen LogP contribution in [0.3, 0.4) is 0 Å². The van der Waals surface area contributed by atoms with Crippen molar-refractivity contribution in [3.05, 3.63) is 31.4 Å². The molecule has 0 unspecified atom stereocenters. The number of hydrogen-bond acceptors (Lipinski definition) is 9. The number of hydrogen-bond donors (Lipinski definition) is 3. The Balaban J connectivity index is -0.0000000526. The molecule has 1 rings (SSSR count). The van der Waals surface area contributed by atoms with Gasteiger partial charge in [0.15, 0.2) is 19.7 Å². The average molecular weight is 608 g/mol. The van der Waals surface area contributed by atoms with E-state index < -0.39 is 19.7 Å². The molecule has 1 aliphatic rings. The van der Waals surface area contributed by atoms with E-state index in [1.165, 1.54) is 25.7 Å². The monoisotopic (exact) mass is 607 g/mol. The smallest absolute Gasteiger partial charge is 0.370 e. The quantitative estimate of drug-likeness (QED) is 0.170. The number of unbranched alkanes of at least 4 members (excludes halogenated alkanes) is 3. The van der Waals surface area contributed by atoms with Crippen LogP contribution in [0.2, 0.25) is 0 Å². The third kappa shape index (κ3) is 58.2. The van der Waals surface area contributed by atoms with Crippen molar-refractivity contribution in [2.45, 2.75) is 79.1 Å². The molecule has 0 aliphatic carbocycles. The van der Waals surface area contributed by atoms with E-state index in [1.807, 2.05) is 13.8 Å². The minimum atomic E-state index is -3.13. The maximum atomic E-state index is 11.0. The maximum absolute atomic E-state index is 11.0. The molecule has 1 saturated heterocycles. The Hall–Kier alpha value is -0.535. The van der Waals surface area contributed by atoms with Crippen molar-refractivity contribution in [2.24, 2.45) is 11.5 Å². The second kappa shape index (κ2) is 41.9. The van der Waals surface area contributed by atoms with Crippen LogP contribution in [0, 0.1) is 7.43 Å². The van der Waals surface area contributed by atoms with Crippen molar-refractivity contribution in [3.8, 4) is 0 Å². The predicted octanol–water partition coefficient (Wildman–Crippen LogP) is 0.443. The van der Waals surface area contributed by atoms with Gasteiger partial charge in [-0.1, -0.05) is 53.7 Å². The summed E-state index contributed by atoms with van der Waals surface area (Å²) in [6.45, 7) is 17.7. The summed E-state index contributed by atoms with van der Waals surface area (Å²) in [5.41, 5.74) is 9.90. The number of carbonyl (C=O) groups is 2. The first-order valence-corrected chi connectivity index (χ1v) is 15.6. The van der Waals surface area contributed by atoms with E-state index in [9.17, 15) is 26.4 Å². The minimum Gasteiger partial charge on any atom is -0.370 e. The number of nitrogens with zero attached hydrogens (tertiary/aromatic N) is 1. The van der Waals surface area contributed by atoms with Crippen LogP contribution < -0.4 is 47.2 Å². The first-order chi connectivity index (χ1) is 16.4. The summed E-state index contributed by atoms with van der Waals surface area (Å²) in [5, 5.41) is 1.69. The number of sulfone groups is 2. The molecule has 3 radical (unpaired) electrons. The molecule has 0 bridgehead atoms. The second-order valence-electron chi connectivity index (χ2n) is 7.58. The molecule has 0 atom stereocenters. The van der Waals surface area contributed by atoms with Crippen LogP contribution in [0.5, 0.6) is 0 Å². The first kappa shape index (κ1) is 58.2. The number of rotatable bonds is 11. The Kier molecular flexibility index (Phi) is 62.6. The number of carbonyl (C=O) groups excluding carboxylic acids is 2. The molecule has 1 amide bonds. The fourth-order valence-corrected chi connectivity index (χ4v) is 3.40. The van der Waals surface area contributed by atoms with Crippen LogP contribution in [0.15, 0.2) is 24.0 Å². The van der Waals surface area contributed by atoms with Gasteiger partial charge < -0.3 is 34.7 Å². The maximum Gasteiger partial charge on any atom is 1.00 e. The molecule has 0 aromatic carbocycles. The molecule has 39 heavy (non-hydrogen) atoms. The molecular formula is C25H57BN4NaO6S2. The van der Waals surface area contributed by atoms with Crippen molar-refractivity contribution in [2.75, 3.05) is 37.7 Å². The minimum absolute atomic E-state index is 0. The summed E-state index contributed by atoms with van der Waals surface area (Å²) >= 11 is 0. The number of aldehydes is 1. The first-order valence-electron chi connectivity index (χ1n) is 12.2. The Morgan fingerprint density at radius 2 is 1.38 bits per heavy atom. The Morgan fingerprint density at radius 3 is 1.54 bits per heavy atom. The molecular weight excluding hydrogens is 550 g/mol. The van der Waals surface area contributed by atoms with Crippen molar-refractivity contribution in [1.29, 1.82) is 0 Å². The third-order valence-electron chi connectivity index (χ3n) is 4.19. The zero-order chi connectivity index (χ0) is 28.2. The van der Waals surface area contributed by atoms with E-state index in [2.05, 4.69) is 31.9 Å². The van der Waals surface area contributed by atoms with E-state index in [1.54, 1.807) is 0 Å². The van der Waals surface area contributed by atoms with E-state index in [-0.39, 0.29) is 57.5 Å². The fourth-order valence-electron chi connectivity index (χ4n) is 1.99. The summed E-state index contributed by atoms with van der Waals surface area (Å²) in [7, 11) is -5.81. The van der Waals surface area contributed by atoms with E-state index in [0.29, 0.717) is 24.3 Å². The van der Waals surface area contributed by atoms with Crippen molar-refractivity contribution < 1.29 is 56.0 Å². The van der Waals surface area contributed by atoms with Crippen LogP contribution in [0.1, 0.15) is 79.1 Å². The zero-order valence-corrected chi connectivity index (χ0v) is 29.3. The van der Waals surface area contributed by atoms with Gasteiger partial charge in [0.05, 0.1) is 11.5 Å². The van der Waals surface area contributed by atoms with Gasteiger partial charge in [-0.3, -0.25) is 4.79 Å². The molecule has 7 N–H and O–H groups in total. The summed E-state index contributed by atoms with van der Waals surface area (Å²) in [6.07, 6.45) is 8.73. The van der Waals surface area contributed by atoms with Gasteiger partial charge in [0.2, 0.25) is 5.91 Å². The number of nitrogens with two attached hydrogens (primary N) is 2. The Bertz CT molecular complexity index is 711. The van der Waals surface area contributed by atoms with Crippen LogP contribution in [0.4, 0.5) is 0 Å². The predicted molar refractivity (Wildman–Crippen MR) is 166 cm³/mol. The van der Waals surface area contributed by atoms with Crippen LogP contribution in [-0.4, -0.2) is 80.0 Å². The van der Waals surface area contributed by atoms with Crippen molar-refractivity contribution in [3.63, 3.8) is 0 Å². The van der Waals surface area contributed by atoms with E-state index >= 15 is 0 Å². The van der Waals surface area contributed by atoms with E-state index in [4.69, 9.17) is 11.5 Å². The molecule has 10 nitrogen and oxygen atoms in total. The second-order valence-corrected chi connectivity index (χ2v) is 11.7. The standard InChI is InChI=1S/C8H17NO2S.C4H9NO.C4H11N.C4H6O2S.C4H8O.CH3.B.H3N.Na/c1-2-3-4-9-5-7-12(10,11)8-6-9;1-2-3-4(5)6;1-2-3-4-5;1-3-7(5,6)4-2;1-2-3-4-5;;;;/h2-8H2,1H3;2-3H2,1H3,(H2,5,6);2-5H2,1H3;3-4H,1-2H2;4H,2-3H2,1H3;1H3;;1H3;/q;;;;;-1;;;+1.